The third-order valence-corrected chi connectivity index (χ3v) is 3.03. The summed E-state index contributed by atoms with van der Waals surface area (Å²) in [6.07, 6.45) is 0. The molecule has 3 nitrogen and oxygen atoms in total. The summed E-state index contributed by atoms with van der Waals surface area (Å²) in [5.41, 5.74) is 1.39. The monoisotopic (exact) mass is 310 g/mol. The highest BCUT2D eigenvalue weighted by Gasteiger charge is 2.11. The fourth-order valence-corrected chi connectivity index (χ4v) is 2.06. The Morgan fingerprint density at radius 2 is 2.12 bits per heavy atom. The van der Waals surface area contributed by atoms with Crippen LogP contribution in [0.25, 0.3) is 11.1 Å². The number of benzene rings is 2. The largest absolute Gasteiger partial charge is 0.270 e. The minimum absolute atomic E-state index is 0.0237. The van der Waals surface area contributed by atoms with Crippen LogP contribution in [0, 0.1) is 16.2 Å². The zero-order chi connectivity index (χ0) is 12.4. The first-order chi connectivity index (χ1) is 8.08. The zero-order valence-electron chi connectivity index (χ0n) is 8.48. The number of rotatable bonds is 2. The molecule has 0 aliphatic rings. The van der Waals surface area contributed by atoms with Crippen molar-refractivity contribution in [1.82, 2.24) is 0 Å². The van der Waals surface area contributed by atoms with Gasteiger partial charge >= 0.3 is 0 Å². The molecule has 0 spiro atoms. The van der Waals surface area contributed by atoms with Crippen LogP contribution < -0.4 is 0 Å². The van der Waals surface area contributed by atoms with E-state index in [4.69, 9.17) is 11.6 Å². The van der Waals surface area contributed by atoms with Gasteiger partial charge in [0.15, 0.2) is 0 Å². The molecule has 1 radical (unpaired) electrons. The van der Waals surface area contributed by atoms with Crippen LogP contribution in [-0.2, 0) is 0 Å². The predicted molar refractivity (Wildman–Crippen MR) is 70.1 cm³/mol. The van der Waals surface area contributed by atoms with Crippen LogP contribution >= 0.6 is 27.5 Å². The van der Waals surface area contributed by atoms with Crippen molar-refractivity contribution in [2.45, 2.75) is 0 Å². The first-order valence-corrected chi connectivity index (χ1v) is 5.86. The van der Waals surface area contributed by atoms with Gasteiger partial charge in [-0.1, -0.05) is 39.7 Å². The van der Waals surface area contributed by atoms with Crippen molar-refractivity contribution in [1.29, 1.82) is 0 Å². The van der Waals surface area contributed by atoms with Crippen LogP contribution in [-0.4, -0.2) is 4.92 Å². The molecule has 0 aliphatic carbocycles. The molecule has 2 aromatic rings. The molecule has 0 heterocycles. The van der Waals surface area contributed by atoms with Gasteiger partial charge in [0.05, 0.1) is 9.95 Å². The van der Waals surface area contributed by atoms with E-state index >= 15 is 0 Å². The molecule has 0 N–H and O–H groups in total. The van der Waals surface area contributed by atoms with Crippen molar-refractivity contribution in [3.63, 3.8) is 0 Å². The van der Waals surface area contributed by atoms with Crippen molar-refractivity contribution in [3.05, 3.63) is 62.1 Å². The van der Waals surface area contributed by atoms with E-state index in [-0.39, 0.29) is 5.69 Å². The van der Waals surface area contributed by atoms with Crippen LogP contribution in [0.3, 0.4) is 0 Å². The number of nitro benzene ring substituents is 1. The molecule has 0 saturated heterocycles. The number of nitro groups is 1. The van der Waals surface area contributed by atoms with Crippen molar-refractivity contribution in [2.24, 2.45) is 0 Å². The van der Waals surface area contributed by atoms with Gasteiger partial charge in [-0.2, -0.15) is 0 Å². The van der Waals surface area contributed by atoms with Crippen LogP contribution in [0.2, 0.25) is 5.02 Å². The number of hydrogen-bond donors (Lipinski definition) is 0. The van der Waals surface area contributed by atoms with Gasteiger partial charge in [0.2, 0.25) is 0 Å². The van der Waals surface area contributed by atoms with Gasteiger partial charge in [-0.05, 0) is 17.7 Å². The normalized spacial score (nSPS) is 10.2. The van der Waals surface area contributed by atoms with E-state index in [1.807, 2.05) is 24.3 Å². The Labute approximate surface area is 111 Å². The van der Waals surface area contributed by atoms with E-state index in [2.05, 4.69) is 22.0 Å². The number of non-ortho nitro benzene ring substituents is 1. The van der Waals surface area contributed by atoms with Gasteiger partial charge in [-0.3, -0.25) is 10.1 Å². The molecule has 0 fully saturated rings. The first-order valence-electron chi connectivity index (χ1n) is 4.69. The fraction of sp³-hybridized carbons (Fsp3) is 0. The molecule has 2 aromatic carbocycles. The Bertz CT molecular complexity index is 586. The minimum atomic E-state index is -0.464. The Morgan fingerprint density at radius 1 is 1.35 bits per heavy atom. The second-order valence-electron chi connectivity index (χ2n) is 3.35. The number of halogens is 2. The van der Waals surface area contributed by atoms with Crippen LogP contribution in [0.15, 0.2) is 40.9 Å². The highest BCUT2D eigenvalue weighted by Crippen LogP contribution is 2.32. The SMILES string of the molecule is O=[N+]([O-])c1c[c]c(Cl)c(-c2cccc(Br)c2)c1. The Morgan fingerprint density at radius 3 is 2.76 bits per heavy atom. The molecule has 0 aliphatic heterocycles. The van der Waals surface area contributed by atoms with Crippen molar-refractivity contribution in [2.75, 3.05) is 0 Å². The van der Waals surface area contributed by atoms with E-state index in [0.29, 0.717) is 10.6 Å². The lowest BCUT2D eigenvalue weighted by molar-refractivity contribution is -0.384. The molecule has 0 saturated carbocycles. The van der Waals surface area contributed by atoms with Crippen LogP contribution in [0.1, 0.15) is 0 Å². The molecule has 2 rings (SSSR count). The smallest absolute Gasteiger partial charge is 0.258 e. The van der Waals surface area contributed by atoms with Crippen LogP contribution in [0.4, 0.5) is 5.69 Å². The quantitative estimate of drug-likeness (QED) is 0.606. The van der Waals surface area contributed by atoms with Gasteiger partial charge < -0.3 is 0 Å². The molecular weight excluding hydrogens is 305 g/mol. The van der Waals surface area contributed by atoms with E-state index in [1.165, 1.54) is 12.1 Å². The second-order valence-corrected chi connectivity index (χ2v) is 4.65. The summed E-state index contributed by atoms with van der Waals surface area (Å²) >= 11 is 9.34. The van der Waals surface area contributed by atoms with Gasteiger partial charge in [-0.25, -0.2) is 0 Å². The average Bonchev–Trinajstić information content (AvgIpc) is 2.29. The minimum Gasteiger partial charge on any atom is -0.258 e. The maximum Gasteiger partial charge on any atom is 0.270 e. The molecular formula is C12H6BrClNO2. The lowest BCUT2D eigenvalue weighted by Gasteiger charge is -2.04. The van der Waals surface area contributed by atoms with Gasteiger partial charge in [0.1, 0.15) is 0 Å². The van der Waals surface area contributed by atoms with E-state index in [9.17, 15) is 10.1 Å². The molecule has 85 valence electrons. The summed E-state index contributed by atoms with van der Waals surface area (Å²) in [4.78, 5) is 10.2. The van der Waals surface area contributed by atoms with E-state index in [0.717, 1.165) is 10.0 Å². The third kappa shape index (κ3) is 2.65. The molecule has 0 bridgehead atoms. The fourth-order valence-electron chi connectivity index (χ4n) is 1.44. The second kappa shape index (κ2) is 4.85. The number of nitrogens with zero attached hydrogens (tertiary/aromatic N) is 1. The third-order valence-electron chi connectivity index (χ3n) is 2.22. The molecule has 17 heavy (non-hydrogen) atoms. The lowest BCUT2D eigenvalue weighted by Crippen LogP contribution is -1.89. The summed E-state index contributed by atoms with van der Waals surface area (Å²) < 4.78 is 0.887. The van der Waals surface area contributed by atoms with Gasteiger partial charge in [0.25, 0.3) is 5.69 Å². The summed E-state index contributed by atoms with van der Waals surface area (Å²) in [5, 5.41) is 11.1. The van der Waals surface area contributed by atoms with Crippen molar-refractivity contribution in [3.8, 4) is 11.1 Å². The van der Waals surface area contributed by atoms with Crippen molar-refractivity contribution < 1.29 is 4.92 Å². The average molecular weight is 312 g/mol. The lowest BCUT2D eigenvalue weighted by atomic mass is 10.1. The first kappa shape index (κ1) is 12.1. The van der Waals surface area contributed by atoms with E-state index in [1.54, 1.807) is 0 Å². The predicted octanol–water partition coefficient (Wildman–Crippen LogP) is 4.48. The van der Waals surface area contributed by atoms with Crippen LogP contribution in [0.5, 0.6) is 0 Å². The Kier molecular flexibility index (Phi) is 3.45. The standard InChI is InChI=1S/C12H6BrClNO2/c13-9-3-1-2-8(6-9)11-7-10(15(16)17)4-5-12(11)14/h1-4,6-7H. The molecule has 0 amide bonds. The van der Waals surface area contributed by atoms with Gasteiger partial charge in [0, 0.05) is 28.2 Å². The Balaban J connectivity index is 2.58. The molecule has 0 atom stereocenters. The van der Waals surface area contributed by atoms with Crippen molar-refractivity contribution >= 4 is 33.2 Å². The highest BCUT2D eigenvalue weighted by atomic mass is 79.9. The molecule has 0 unspecified atom stereocenters. The van der Waals surface area contributed by atoms with E-state index < -0.39 is 4.92 Å². The maximum atomic E-state index is 10.7. The summed E-state index contributed by atoms with van der Waals surface area (Å²) in [6.45, 7) is 0. The molecule has 5 heteroatoms. The zero-order valence-corrected chi connectivity index (χ0v) is 10.8. The van der Waals surface area contributed by atoms with Gasteiger partial charge in [-0.15, -0.1) is 0 Å². The number of hydrogen-bond acceptors (Lipinski definition) is 2. The molecule has 0 aromatic heterocycles. The maximum absolute atomic E-state index is 10.7. The summed E-state index contributed by atoms with van der Waals surface area (Å²) in [5.74, 6) is 0. The topological polar surface area (TPSA) is 43.1 Å². The summed E-state index contributed by atoms with van der Waals surface area (Å²) in [7, 11) is 0. The summed E-state index contributed by atoms with van der Waals surface area (Å²) in [6, 6.07) is 12.8. The Hall–Kier alpha value is -1.39. The highest BCUT2D eigenvalue weighted by molar-refractivity contribution is 9.10.